The summed E-state index contributed by atoms with van der Waals surface area (Å²) in [5, 5.41) is 8.84. The van der Waals surface area contributed by atoms with E-state index in [-0.39, 0.29) is 30.7 Å². The molecule has 0 amide bonds. The maximum Gasteiger partial charge on any atom is 0.109 e. The van der Waals surface area contributed by atoms with Crippen LogP contribution in [0, 0.1) is 5.92 Å². The Morgan fingerprint density at radius 1 is 1.64 bits per heavy atom. The average Bonchev–Trinajstić information content (AvgIpc) is 2.28. The molecule has 1 saturated heterocycles. The van der Waals surface area contributed by atoms with Crippen molar-refractivity contribution in [3.63, 3.8) is 0 Å². The van der Waals surface area contributed by atoms with Crippen molar-refractivity contribution in [2.45, 2.75) is 25.1 Å². The molecule has 4 unspecified atom stereocenters. The number of aliphatic hydroxyl groups excluding tert-OH is 1. The molecular weight excluding hydrogens is 143 g/mol. The Balaban J connectivity index is 2.57. The molecule has 1 aliphatic rings. The van der Waals surface area contributed by atoms with E-state index in [4.69, 9.17) is 22.4 Å². The van der Waals surface area contributed by atoms with Crippen LogP contribution < -0.4 is 0 Å². The maximum atomic E-state index is 8.84. The number of hydrogen-bond donors (Lipinski definition) is 1. The minimum absolute atomic E-state index is 0.0312. The summed E-state index contributed by atoms with van der Waals surface area (Å²) < 4.78 is 10.4. The monoisotopic (exact) mass is 156 g/mol. The predicted octanol–water partition coefficient (Wildman–Crippen LogP) is -0.477. The summed E-state index contributed by atoms with van der Waals surface area (Å²) in [5.41, 5.74) is 0. The fraction of sp³-hybridized carbons (Fsp3) is 1.00. The molecule has 1 N–H and O–H groups in total. The zero-order valence-corrected chi connectivity index (χ0v) is 6.86. The Hall–Kier alpha value is -0.0551. The summed E-state index contributed by atoms with van der Waals surface area (Å²) in [5.74, 6) is 0.150. The number of ether oxygens (including phenoxy) is 2. The largest absolute Gasteiger partial charge is 0.394 e. The summed E-state index contributed by atoms with van der Waals surface area (Å²) in [4.78, 5) is 0. The molecule has 0 saturated carbocycles. The van der Waals surface area contributed by atoms with Crippen molar-refractivity contribution >= 4 is 7.85 Å². The van der Waals surface area contributed by atoms with Gasteiger partial charge in [0.15, 0.2) is 0 Å². The third kappa shape index (κ3) is 1.58. The molecule has 3 nitrogen and oxygen atoms in total. The molecule has 0 aliphatic carbocycles. The summed E-state index contributed by atoms with van der Waals surface area (Å²) >= 11 is 0. The second-order valence-electron chi connectivity index (χ2n) is 2.88. The first-order valence-corrected chi connectivity index (χ1v) is 3.75. The van der Waals surface area contributed by atoms with E-state index in [0.717, 1.165) is 0 Å². The van der Waals surface area contributed by atoms with Crippen LogP contribution >= 0.6 is 0 Å². The van der Waals surface area contributed by atoms with Crippen molar-refractivity contribution in [3.05, 3.63) is 0 Å². The van der Waals surface area contributed by atoms with Gasteiger partial charge in [-0.05, 0) is 0 Å². The second-order valence-corrected chi connectivity index (χ2v) is 2.88. The fourth-order valence-corrected chi connectivity index (χ4v) is 1.44. The van der Waals surface area contributed by atoms with Gasteiger partial charge in [-0.1, -0.05) is 6.92 Å². The maximum absolute atomic E-state index is 8.84. The third-order valence-corrected chi connectivity index (χ3v) is 2.19. The predicted molar refractivity (Wildman–Crippen MR) is 41.5 cm³/mol. The van der Waals surface area contributed by atoms with Gasteiger partial charge < -0.3 is 14.6 Å². The Labute approximate surface area is 68.1 Å². The topological polar surface area (TPSA) is 38.7 Å². The standard InChI is InChI=1S/C7H13BO3/c1-4-6(10-2)5(3-9)11-7(4)8/h4-7,9H,3H2,1-2H3. The van der Waals surface area contributed by atoms with Gasteiger partial charge in [0, 0.05) is 19.0 Å². The molecule has 4 atom stereocenters. The number of aliphatic hydroxyl groups is 1. The van der Waals surface area contributed by atoms with E-state index >= 15 is 0 Å². The minimum Gasteiger partial charge on any atom is -0.394 e. The molecule has 1 fully saturated rings. The van der Waals surface area contributed by atoms with Gasteiger partial charge in [0.25, 0.3) is 0 Å². The number of methoxy groups -OCH3 is 1. The van der Waals surface area contributed by atoms with E-state index in [1.54, 1.807) is 7.11 Å². The Morgan fingerprint density at radius 2 is 2.27 bits per heavy atom. The van der Waals surface area contributed by atoms with E-state index in [0.29, 0.717) is 0 Å². The van der Waals surface area contributed by atoms with Crippen LogP contribution in [0.4, 0.5) is 0 Å². The van der Waals surface area contributed by atoms with Gasteiger partial charge in [-0.2, -0.15) is 0 Å². The van der Waals surface area contributed by atoms with Crippen LogP contribution in [0.2, 0.25) is 0 Å². The van der Waals surface area contributed by atoms with Crippen LogP contribution in [0.1, 0.15) is 6.92 Å². The van der Waals surface area contributed by atoms with Gasteiger partial charge in [-0.25, -0.2) is 0 Å². The lowest BCUT2D eigenvalue weighted by Gasteiger charge is -2.17. The molecule has 1 rings (SSSR count). The van der Waals surface area contributed by atoms with E-state index in [2.05, 4.69) is 0 Å². The summed E-state index contributed by atoms with van der Waals surface area (Å²) in [6.45, 7) is 1.92. The van der Waals surface area contributed by atoms with Crippen molar-refractivity contribution in [1.82, 2.24) is 0 Å². The summed E-state index contributed by atoms with van der Waals surface area (Å²) in [6.07, 6.45) is -0.333. The van der Waals surface area contributed by atoms with Gasteiger partial charge in [0.2, 0.25) is 0 Å². The Bertz CT molecular complexity index is 131. The van der Waals surface area contributed by atoms with E-state index < -0.39 is 0 Å². The number of rotatable bonds is 2. The molecule has 0 aromatic rings. The second kappa shape index (κ2) is 3.56. The SMILES string of the molecule is [B]C1OC(CO)C(OC)C1C. The molecule has 0 aromatic carbocycles. The molecule has 1 aliphatic heterocycles. The van der Waals surface area contributed by atoms with Crippen molar-refractivity contribution in [3.8, 4) is 0 Å². The smallest absolute Gasteiger partial charge is 0.109 e. The zero-order chi connectivity index (χ0) is 8.43. The summed E-state index contributed by atoms with van der Waals surface area (Å²) in [7, 11) is 7.20. The van der Waals surface area contributed by atoms with Gasteiger partial charge in [0.1, 0.15) is 14.0 Å². The molecular formula is C7H13BO3. The van der Waals surface area contributed by atoms with Crippen LogP contribution in [0.25, 0.3) is 0 Å². The van der Waals surface area contributed by atoms with Crippen LogP contribution in [0.15, 0.2) is 0 Å². The van der Waals surface area contributed by atoms with Gasteiger partial charge >= 0.3 is 0 Å². The van der Waals surface area contributed by atoms with Gasteiger partial charge in [-0.3, -0.25) is 0 Å². The number of hydrogen-bond acceptors (Lipinski definition) is 3. The van der Waals surface area contributed by atoms with Crippen molar-refractivity contribution in [2.75, 3.05) is 13.7 Å². The first-order valence-electron chi connectivity index (χ1n) is 3.75. The first kappa shape index (κ1) is 9.04. The molecule has 2 radical (unpaired) electrons. The molecule has 1 heterocycles. The van der Waals surface area contributed by atoms with Crippen LogP contribution in [-0.4, -0.2) is 44.9 Å². The molecule has 62 valence electrons. The van der Waals surface area contributed by atoms with Gasteiger partial charge in [0.05, 0.1) is 12.7 Å². The fourth-order valence-electron chi connectivity index (χ4n) is 1.44. The first-order chi connectivity index (χ1) is 5.20. The van der Waals surface area contributed by atoms with E-state index in [1.165, 1.54) is 0 Å². The highest BCUT2D eigenvalue weighted by atomic mass is 16.6. The minimum atomic E-state index is -0.308. The lowest BCUT2D eigenvalue weighted by atomic mass is 9.86. The highest BCUT2D eigenvalue weighted by Crippen LogP contribution is 2.26. The molecule has 4 heteroatoms. The molecule has 0 aromatic heterocycles. The van der Waals surface area contributed by atoms with Crippen molar-refractivity contribution in [1.29, 1.82) is 0 Å². The molecule has 11 heavy (non-hydrogen) atoms. The normalized spacial score (nSPS) is 44.6. The van der Waals surface area contributed by atoms with E-state index in [9.17, 15) is 0 Å². The van der Waals surface area contributed by atoms with Crippen molar-refractivity contribution in [2.24, 2.45) is 5.92 Å². The highest BCUT2D eigenvalue weighted by molar-refractivity contribution is 6.11. The molecule has 0 spiro atoms. The Morgan fingerprint density at radius 3 is 2.64 bits per heavy atom. The lowest BCUT2D eigenvalue weighted by Crippen LogP contribution is -2.30. The van der Waals surface area contributed by atoms with Crippen LogP contribution in [0.5, 0.6) is 0 Å². The third-order valence-electron chi connectivity index (χ3n) is 2.19. The highest BCUT2D eigenvalue weighted by Gasteiger charge is 2.38. The van der Waals surface area contributed by atoms with Crippen LogP contribution in [0.3, 0.4) is 0 Å². The average molecular weight is 156 g/mol. The van der Waals surface area contributed by atoms with Crippen molar-refractivity contribution < 1.29 is 14.6 Å². The van der Waals surface area contributed by atoms with E-state index in [1.807, 2.05) is 6.92 Å². The Kier molecular flexibility index (Phi) is 2.93. The molecule has 0 bridgehead atoms. The quantitative estimate of drug-likeness (QED) is 0.549. The van der Waals surface area contributed by atoms with Gasteiger partial charge in [-0.15, -0.1) is 0 Å². The summed E-state index contributed by atoms with van der Waals surface area (Å²) in [6, 6.07) is -0.308. The zero-order valence-electron chi connectivity index (χ0n) is 6.86. The van der Waals surface area contributed by atoms with Crippen LogP contribution in [-0.2, 0) is 9.47 Å². The lowest BCUT2D eigenvalue weighted by molar-refractivity contribution is -0.0229.